The van der Waals surface area contributed by atoms with Gasteiger partial charge in [-0.15, -0.1) is 0 Å². The summed E-state index contributed by atoms with van der Waals surface area (Å²) in [6.45, 7) is 1.68. The van der Waals surface area contributed by atoms with Crippen LogP contribution in [0, 0.1) is 11.3 Å². The Morgan fingerprint density at radius 1 is 1.26 bits per heavy atom. The van der Waals surface area contributed by atoms with Gasteiger partial charge in [0.1, 0.15) is 11.8 Å². The molecule has 0 saturated carbocycles. The van der Waals surface area contributed by atoms with Crippen molar-refractivity contribution >= 4 is 11.7 Å². The summed E-state index contributed by atoms with van der Waals surface area (Å²) in [5.74, 6) is 0.623. The van der Waals surface area contributed by atoms with E-state index in [-0.39, 0.29) is 12.6 Å². The largest absolute Gasteiger partial charge is 0.479 e. The van der Waals surface area contributed by atoms with Gasteiger partial charge < -0.3 is 15.0 Å². The molecule has 1 aliphatic rings. The normalized spacial score (nSPS) is 14.6. The summed E-state index contributed by atoms with van der Waals surface area (Å²) < 4.78 is 5.15. The number of anilines is 1. The monoisotopic (exact) mass is 259 g/mol. The Kier molecular flexibility index (Phi) is 4.62. The second kappa shape index (κ2) is 6.64. The van der Waals surface area contributed by atoms with Crippen LogP contribution < -0.4 is 10.1 Å². The predicted octanol–water partition coefficient (Wildman–Crippen LogP) is 2.61. The van der Waals surface area contributed by atoms with Gasteiger partial charge in [-0.1, -0.05) is 0 Å². The van der Waals surface area contributed by atoms with E-state index < -0.39 is 0 Å². The zero-order valence-corrected chi connectivity index (χ0v) is 10.8. The summed E-state index contributed by atoms with van der Waals surface area (Å²) in [5.41, 5.74) is 0.736. The van der Waals surface area contributed by atoms with Crippen molar-refractivity contribution in [1.29, 1.82) is 5.26 Å². The van der Waals surface area contributed by atoms with E-state index in [4.69, 9.17) is 10.00 Å². The van der Waals surface area contributed by atoms with Crippen LogP contribution in [0.4, 0.5) is 10.5 Å². The number of nitrogens with zero attached hydrogens (tertiary/aromatic N) is 2. The van der Waals surface area contributed by atoms with Gasteiger partial charge in [0.2, 0.25) is 0 Å². The van der Waals surface area contributed by atoms with Crippen molar-refractivity contribution in [1.82, 2.24) is 4.90 Å². The first kappa shape index (κ1) is 13.2. The molecule has 0 spiro atoms. The summed E-state index contributed by atoms with van der Waals surface area (Å²) in [6, 6.07) is 8.88. The maximum Gasteiger partial charge on any atom is 0.321 e. The number of ether oxygens (including phenoxy) is 1. The summed E-state index contributed by atoms with van der Waals surface area (Å²) in [5, 5.41) is 11.3. The number of nitriles is 1. The fraction of sp³-hybridized carbons (Fsp3) is 0.429. The minimum Gasteiger partial charge on any atom is -0.479 e. The summed E-state index contributed by atoms with van der Waals surface area (Å²) in [4.78, 5) is 13.8. The first-order valence-corrected chi connectivity index (χ1v) is 6.45. The van der Waals surface area contributed by atoms with Gasteiger partial charge in [0.15, 0.2) is 6.61 Å². The lowest BCUT2D eigenvalue weighted by Crippen LogP contribution is -2.38. The smallest absolute Gasteiger partial charge is 0.321 e. The molecule has 1 aromatic carbocycles. The maximum absolute atomic E-state index is 12.0. The van der Waals surface area contributed by atoms with Gasteiger partial charge in [-0.05, 0) is 43.5 Å². The molecule has 0 aliphatic carbocycles. The zero-order chi connectivity index (χ0) is 13.5. The van der Waals surface area contributed by atoms with Crippen LogP contribution in [0.15, 0.2) is 24.3 Å². The minimum atomic E-state index is -0.0506. The number of benzene rings is 1. The number of urea groups is 1. The van der Waals surface area contributed by atoms with Crippen LogP contribution in [-0.4, -0.2) is 30.6 Å². The van der Waals surface area contributed by atoms with Gasteiger partial charge in [0, 0.05) is 18.8 Å². The molecule has 2 amide bonds. The standard InChI is InChI=1S/C14H17N3O2/c15-8-11-19-13-6-4-12(5-7-13)16-14(18)17-9-2-1-3-10-17/h4-7H,1-3,9-11H2,(H,16,18). The molecule has 1 aromatic rings. The number of nitrogens with one attached hydrogen (secondary N) is 1. The molecule has 1 saturated heterocycles. The summed E-state index contributed by atoms with van der Waals surface area (Å²) >= 11 is 0. The fourth-order valence-corrected chi connectivity index (χ4v) is 2.05. The second-order valence-electron chi connectivity index (χ2n) is 4.45. The molecular weight excluding hydrogens is 242 g/mol. The fourth-order valence-electron chi connectivity index (χ4n) is 2.05. The lowest BCUT2D eigenvalue weighted by Gasteiger charge is -2.26. The van der Waals surface area contributed by atoms with E-state index in [1.54, 1.807) is 24.3 Å². The van der Waals surface area contributed by atoms with Gasteiger partial charge in [0.25, 0.3) is 0 Å². The first-order chi connectivity index (χ1) is 9.29. The number of hydrogen-bond donors (Lipinski definition) is 1. The molecule has 1 fully saturated rings. The van der Waals surface area contributed by atoms with E-state index >= 15 is 0 Å². The molecule has 0 aromatic heterocycles. The summed E-state index contributed by atoms with van der Waals surface area (Å²) in [7, 11) is 0. The molecule has 0 radical (unpaired) electrons. The molecule has 5 heteroatoms. The summed E-state index contributed by atoms with van der Waals surface area (Å²) in [6.07, 6.45) is 3.36. The van der Waals surface area contributed by atoms with E-state index in [2.05, 4.69) is 5.32 Å². The number of piperidine rings is 1. The van der Waals surface area contributed by atoms with Crippen molar-refractivity contribution in [3.8, 4) is 11.8 Å². The number of carbonyl (C=O) groups excluding carboxylic acids is 1. The zero-order valence-electron chi connectivity index (χ0n) is 10.8. The van der Waals surface area contributed by atoms with Crippen LogP contribution in [0.2, 0.25) is 0 Å². The molecule has 0 bridgehead atoms. The van der Waals surface area contributed by atoms with Crippen molar-refractivity contribution in [2.45, 2.75) is 19.3 Å². The highest BCUT2D eigenvalue weighted by Gasteiger charge is 2.16. The Hall–Kier alpha value is -2.22. The van der Waals surface area contributed by atoms with E-state index in [1.165, 1.54) is 6.42 Å². The first-order valence-electron chi connectivity index (χ1n) is 6.45. The van der Waals surface area contributed by atoms with Crippen molar-refractivity contribution in [2.24, 2.45) is 0 Å². The van der Waals surface area contributed by atoms with Gasteiger partial charge in [-0.25, -0.2) is 4.79 Å². The van der Waals surface area contributed by atoms with Crippen LogP contribution in [-0.2, 0) is 0 Å². The molecule has 2 rings (SSSR count). The molecule has 100 valence electrons. The van der Waals surface area contributed by atoms with Crippen LogP contribution in [0.3, 0.4) is 0 Å². The van der Waals surface area contributed by atoms with E-state index in [1.807, 2.05) is 11.0 Å². The third-order valence-electron chi connectivity index (χ3n) is 3.05. The topological polar surface area (TPSA) is 65.4 Å². The van der Waals surface area contributed by atoms with Crippen molar-refractivity contribution in [3.63, 3.8) is 0 Å². The lowest BCUT2D eigenvalue weighted by molar-refractivity contribution is 0.200. The molecular formula is C14H17N3O2. The molecule has 5 nitrogen and oxygen atoms in total. The Balaban J connectivity index is 1.88. The Bertz CT molecular complexity index is 459. The third-order valence-corrected chi connectivity index (χ3v) is 3.05. The maximum atomic E-state index is 12.0. The van der Waals surface area contributed by atoms with E-state index in [0.29, 0.717) is 5.75 Å². The Morgan fingerprint density at radius 2 is 1.95 bits per heavy atom. The third kappa shape index (κ3) is 3.88. The molecule has 1 heterocycles. The van der Waals surface area contributed by atoms with Crippen molar-refractivity contribution in [3.05, 3.63) is 24.3 Å². The van der Waals surface area contributed by atoms with E-state index in [9.17, 15) is 4.79 Å². The molecule has 1 N–H and O–H groups in total. The highest BCUT2D eigenvalue weighted by molar-refractivity contribution is 5.89. The van der Waals surface area contributed by atoms with Gasteiger partial charge in [-0.2, -0.15) is 5.26 Å². The van der Waals surface area contributed by atoms with Crippen molar-refractivity contribution in [2.75, 3.05) is 25.0 Å². The van der Waals surface area contributed by atoms with Gasteiger partial charge in [-0.3, -0.25) is 0 Å². The number of carbonyl (C=O) groups is 1. The molecule has 0 atom stereocenters. The van der Waals surface area contributed by atoms with Crippen LogP contribution in [0.25, 0.3) is 0 Å². The average molecular weight is 259 g/mol. The predicted molar refractivity (Wildman–Crippen MR) is 72.0 cm³/mol. The van der Waals surface area contributed by atoms with E-state index in [0.717, 1.165) is 31.6 Å². The SMILES string of the molecule is N#CCOc1ccc(NC(=O)N2CCCCC2)cc1. The highest BCUT2D eigenvalue weighted by Crippen LogP contribution is 2.17. The van der Waals surface area contributed by atoms with Crippen LogP contribution in [0.5, 0.6) is 5.75 Å². The quantitative estimate of drug-likeness (QED) is 0.907. The Morgan fingerprint density at radius 3 is 2.58 bits per heavy atom. The lowest BCUT2D eigenvalue weighted by atomic mass is 10.1. The molecule has 0 unspecified atom stereocenters. The minimum absolute atomic E-state index is 0.0273. The average Bonchev–Trinajstić information content (AvgIpc) is 2.47. The molecule has 1 aliphatic heterocycles. The van der Waals surface area contributed by atoms with Gasteiger partial charge in [0.05, 0.1) is 0 Å². The van der Waals surface area contributed by atoms with Crippen LogP contribution in [0.1, 0.15) is 19.3 Å². The molecule has 19 heavy (non-hydrogen) atoms. The highest BCUT2D eigenvalue weighted by atomic mass is 16.5. The number of amides is 2. The number of hydrogen-bond acceptors (Lipinski definition) is 3. The number of likely N-dealkylation sites (tertiary alicyclic amines) is 1. The van der Waals surface area contributed by atoms with Gasteiger partial charge >= 0.3 is 6.03 Å². The van der Waals surface area contributed by atoms with Crippen LogP contribution >= 0.6 is 0 Å². The second-order valence-corrected chi connectivity index (χ2v) is 4.45. The number of rotatable bonds is 3. The Labute approximate surface area is 112 Å². The van der Waals surface area contributed by atoms with Crippen molar-refractivity contribution < 1.29 is 9.53 Å².